The van der Waals surface area contributed by atoms with Gasteiger partial charge in [-0.15, -0.1) is 0 Å². The molecule has 1 amide bonds. The normalized spacial score (nSPS) is 13.4. The number of carbonyl (C=O) groups is 2. The molecule has 1 atom stereocenters. The number of nitrogens with one attached hydrogen (secondary N) is 1. The summed E-state index contributed by atoms with van der Waals surface area (Å²) in [5, 5.41) is 2.79. The van der Waals surface area contributed by atoms with Gasteiger partial charge >= 0.3 is 5.97 Å². The van der Waals surface area contributed by atoms with Crippen molar-refractivity contribution in [1.82, 2.24) is 0 Å². The summed E-state index contributed by atoms with van der Waals surface area (Å²) in [5.74, 6) is -0.280. The summed E-state index contributed by atoms with van der Waals surface area (Å²) in [5.41, 5.74) is 3.15. The van der Waals surface area contributed by atoms with Gasteiger partial charge < -0.3 is 14.8 Å². The molecule has 1 N–H and O–H groups in total. The molecule has 0 saturated heterocycles. The zero-order chi connectivity index (χ0) is 20.4. The number of ether oxygens (including phenoxy) is 2. The smallest absolute Gasteiger partial charge is 0.318 e. The molecule has 0 unspecified atom stereocenters. The molecule has 0 fully saturated rings. The highest BCUT2D eigenvalue weighted by Gasteiger charge is 2.35. The third-order valence-corrected chi connectivity index (χ3v) is 4.86. The standard InChI is InChI=1S/C24H21NO4/c1-15-8-7-9-17(14-15)25-23(26)16(2)28-24(27)22-18-10-3-5-12-20(18)29-21-13-6-4-11-19(21)22/h3-14,16,22H,1-2H3,(H,25,26)/t16-/m0/s1. The fourth-order valence-corrected chi connectivity index (χ4v) is 3.43. The second-order valence-electron chi connectivity index (χ2n) is 7.05. The number of para-hydroxylation sites is 2. The number of esters is 1. The fourth-order valence-electron chi connectivity index (χ4n) is 3.43. The Morgan fingerprint density at radius 2 is 1.55 bits per heavy atom. The summed E-state index contributed by atoms with van der Waals surface area (Å²) in [6.45, 7) is 3.51. The van der Waals surface area contributed by atoms with Crippen LogP contribution in [0.3, 0.4) is 0 Å². The maximum Gasteiger partial charge on any atom is 0.318 e. The summed E-state index contributed by atoms with van der Waals surface area (Å²) >= 11 is 0. The average molecular weight is 387 g/mol. The first-order valence-electron chi connectivity index (χ1n) is 9.46. The monoisotopic (exact) mass is 387 g/mol. The SMILES string of the molecule is Cc1cccc(NC(=O)[C@H](C)OC(=O)C2c3ccccc3Oc3ccccc32)c1. The van der Waals surface area contributed by atoms with E-state index in [-0.39, 0.29) is 5.91 Å². The van der Waals surface area contributed by atoms with E-state index in [9.17, 15) is 9.59 Å². The second kappa shape index (κ2) is 7.80. The van der Waals surface area contributed by atoms with E-state index in [0.717, 1.165) is 16.7 Å². The van der Waals surface area contributed by atoms with Gasteiger partial charge in [-0.2, -0.15) is 0 Å². The Hall–Kier alpha value is -3.60. The van der Waals surface area contributed by atoms with Crippen LogP contribution in [-0.4, -0.2) is 18.0 Å². The quantitative estimate of drug-likeness (QED) is 0.653. The number of hydrogen-bond acceptors (Lipinski definition) is 4. The fraction of sp³-hybridized carbons (Fsp3) is 0.167. The zero-order valence-corrected chi connectivity index (χ0v) is 16.2. The summed E-state index contributed by atoms with van der Waals surface area (Å²) in [4.78, 5) is 25.6. The molecule has 0 bridgehead atoms. The highest BCUT2D eigenvalue weighted by molar-refractivity contribution is 5.96. The zero-order valence-electron chi connectivity index (χ0n) is 16.2. The molecule has 5 nitrogen and oxygen atoms in total. The van der Waals surface area contributed by atoms with Crippen LogP contribution in [0.5, 0.6) is 11.5 Å². The summed E-state index contributed by atoms with van der Waals surface area (Å²) < 4.78 is 11.5. The molecule has 0 saturated carbocycles. The van der Waals surface area contributed by atoms with E-state index in [4.69, 9.17) is 9.47 Å². The molecule has 0 aromatic heterocycles. The number of benzene rings is 3. The third-order valence-electron chi connectivity index (χ3n) is 4.86. The van der Waals surface area contributed by atoms with Crippen LogP contribution in [0.25, 0.3) is 0 Å². The number of anilines is 1. The Morgan fingerprint density at radius 1 is 0.931 bits per heavy atom. The molecule has 0 radical (unpaired) electrons. The molecule has 1 heterocycles. The number of fused-ring (bicyclic) bond motifs is 2. The van der Waals surface area contributed by atoms with E-state index >= 15 is 0 Å². The van der Waals surface area contributed by atoms with Gasteiger partial charge in [0.1, 0.15) is 17.4 Å². The largest absolute Gasteiger partial charge is 0.457 e. The van der Waals surface area contributed by atoms with Crippen molar-refractivity contribution in [3.05, 3.63) is 89.5 Å². The summed E-state index contributed by atoms with van der Waals surface area (Å²) in [6.07, 6.45) is -0.940. The Labute approximate surface area is 169 Å². The van der Waals surface area contributed by atoms with Gasteiger partial charge in [0, 0.05) is 16.8 Å². The van der Waals surface area contributed by atoms with Crippen LogP contribution < -0.4 is 10.1 Å². The van der Waals surface area contributed by atoms with Crippen molar-refractivity contribution < 1.29 is 19.1 Å². The molecule has 0 aliphatic carbocycles. The van der Waals surface area contributed by atoms with Crippen LogP contribution in [0.1, 0.15) is 29.5 Å². The molecule has 1 aliphatic heterocycles. The van der Waals surface area contributed by atoms with Crippen LogP contribution in [0, 0.1) is 6.92 Å². The lowest BCUT2D eigenvalue weighted by Gasteiger charge is -2.27. The Kier molecular flexibility index (Phi) is 5.04. The number of rotatable bonds is 4. The van der Waals surface area contributed by atoms with E-state index in [1.54, 1.807) is 13.0 Å². The van der Waals surface area contributed by atoms with Crippen LogP contribution in [0.15, 0.2) is 72.8 Å². The van der Waals surface area contributed by atoms with Gasteiger partial charge in [-0.25, -0.2) is 0 Å². The van der Waals surface area contributed by atoms with Gasteiger partial charge in [-0.3, -0.25) is 9.59 Å². The first-order valence-corrected chi connectivity index (χ1v) is 9.46. The van der Waals surface area contributed by atoms with Gasteiger partial charge in [0.15, 0.2) is 6.10 Å². The molecule has 0 spiro atoms. The van der Waals surface area contributed by atoms with Crippen molar-refractivity contribution in [2.75, 3.05) is 5.32 Å². The Morgan fingerprint density at radius 3 is 2.17 bits per heavy atom. The van der Waals surface area contributed by atoms with Gasteiger partial charge in [-0.1, -0.05) is 48.5 Å². The van der Waals surface area contributed by atoms with Gasteiger partial charge in [0.25, 0.3) is 5.91 Å². The van der Waals surface area contributed by atoms with Crippen LogP contribution in [0.2, 0.25) is 0 Å². The van der Waals surface area contributed by atoms with E-state index < -0.39 is 18.0 Å². The van der Waals surface area contributed by atoms with Crippen molar-refractivity contribution in [3.8, 4) is 11.5 Å². The van der Waals surface area contributed by atoms with E-state index in [2.05, 4.69) is 5.32 Å². The lowest BCUT2D eigenvalue weighted by atomic mass is 9.88. The maximum absolute atomic E-state index is 13.1. The minimum atomic E-state index is -0.940. The van der Waals surface area contributed by atoms with E-state index in [1.807, 2.05) is 73.7 Å². The topological polar surface area (TPSA) is 64.6 Å². The number of aryl methyl sites for hydroxylation is 1. The third kappa shape index (κ3) is 3.85. The van der Waals surface area contributed by atoms with Crippen molar-refractivity contribution >= 4 is 17.6 Å². The molecule has 146 valence electrons. The highest BCUT2D eigenvalue weighted by atomic mass is 16.5. The van der Waals surface area contributed by atoms with Crippen molar-refractivity contribution in [3.63, 3.8) is 0 Å². The van der Waals surface area contributed by atoms with Crippen molar-refractivity contribution in [2.45, 2.75) is 25.9 Å². The molecular weight excluding hydrogens is 366 g/mol. The van der Waals surface area contributed by atoms with Crippen LogP contribution >= 0.6 is 0 Å². The van der Waals surface area contributed by atoms with Gasteiger partial charge in [0.2, 0.25) is 0 Å². The highest BCUT2D eigenvalue weighted by Crippen LogP contribution is 2.44. The van der Waals surface area contributed by atoms with E-state index in [0.29, 0.717) is 17.2 Å². The number of hydrogen-bond donors (Lipinski definition) is 1. The van der Waals surface area contributed by atoms with Crippen molar-refractivity contribution in [1.29, 1.82) is 0 Å². The number of amides is 1. The molecule has 29 heavy (non-hydrogen) atoms. The summed E-state index contributed by atoms with van der Waals surface area (Å²) in [7, 11) is 0. The minimum Gasteiger partial charge on any atom is -0.457 e. The average Bonchev–Trinajstić information content (AvgIpc) is 2.71. The maximum atomic E-state index is 13.1. The van der Waals surface area contributed by atoms with Crippen LogP contribution in [-0.2, 0) is 14.3 Å². The lowest BCUT2D eigenvalue weighted by Crippen LogP contribution is -2.32. The number of carbonyl (C=O) groups excluding carboxylic acids is 2. The minimum absolute atomic E-state index is 0.377. The molecule has 1 aliphatic rings. The molecule has 5 heteroatoms. The van der Waals surface area contributed by atoms with E-state index in [1.165, 1.54) is 0 Å². The van der Waals surface area contributed by atoms with Crippen molar-refractivity contribution in [2.24, 2.45) is 0 Å². The molecule has 3 aromatic rings. The Balaban J connectivity index is 1.54. The first-order chi connectivity index (χ1) is 14.0. The summed E-state index contributed by atoms with van der Waals surface area (Å²) in [6, 6.07) is 22.2. The predicted molar refractivity (Wildman–Crippen MR) is 110 cm³/mol. The molecule has 3 aromatic carbocycles. The molecule has 4 rings (SSSR count). The molecular formula is C24H21NO4. The Bertz CT molecular complexity index is 1030. The first kappa shape index (κ1) is 18.7. The lowest BCUT2D eigenvalue weighted by molar-refractivity contribution is -0.153. The van der Waals surface area contributed by atoms with Gasteiger partial charge in [0.05, 0.1) is 0 Å². The van der Waals surface area contributed by atoms with Crippen LogP contribution in [0.4, 0.5) is 5.69 Å². The second-order valence-corrected chi connectivity index (χ2v) is 7.05. The predicted octanol–water partition coefficient (Wildman–Crippen LogP) is 4.80. The van der Waals surface area contributed by atoms with Gasteiger partial charge in [-0.05, 0) is 43.7 Å².